The number of carbonyl (C=O) groups is 3. The van der Waals surface area contributed by atoms with Crippen molar-refractivity contribution in [2.24, 2.45) is 0 Å². The second kappa shape index (κ2) is 7.77. The molecule has 0 atom stereocenters. The molecular formula is C19H19N3O5. The fraction of sp³-hybridized carbons (Fsp3) is 0.211. The Morgan fingerprint density at radius 2 is 2.00 bits per heavy atom. The summed E-state index contributed by atoms with van der Waals surface area (Å²) in [4.78, 5) is 34.7. The number of rotatable bonds is 2. The molecule has 4 rings (SSSR count). The number of hydrogen-bond donors (Lipinski definition) is 3. The summed E-state index contributed by atoms with van der Waals surface area (Å²) in [5.74, 6) is -0.377. The maximum absolute atomic E-state index is 11.4. The van der Waals surface area contributed by atoms with E-state index in [1.165, 1.54) is 12.1 Å². The van der Waals surface area contributed by atoms with E-state index < -0.39 is 5.97 Å². The third kappa shape index (κ3) is 4.35. The van der Waals surface area contributed by atoms with Gasteiger partial charge in [0.15, 0.2) is 6.61 Å². The van der Waals surface area contributed by atoms with Crippen LogP contribution in [0.5, 0.6) is 5.75 Å². The number of ether oxygens (including phenoxy) is 1. The normalized spacial score (nSPS) is 15.2. The number of nitrogen functional groups attached to an aromatic ring is 1. The highest BCUT2D eigenvalue weighted by Gasteiger charge is 2.22. The second-order valence-electron chi connectivity index (χ2n) is 6.10. The Kier molecular flexibility index (Phi) is 5.25. The summed E-state index contributed by atoms with van der Waals surface area (Å²) in [5, 5.41) is 11.5. The van der Waals surface area contributed by atoms with Gasteiger partial charge in [-0.2, -0.15) is 0 Å². The molecule has 1 saturated heterocycles. The molecule has 2 aliphatic heterocycles. The molecule has 0 radical (unpaired) electrons. The zero-order valence-electron chi connectivity index (χ0n) is 14.5. The summed E-state index contributed by atoms with van der Waals surface area (Å²) in [6.07, 6.45) is 1.40. The first-order chi connectivity index (χ1) is 12.9. The van der Waals surface area contributed by atoms with Gasteiger partial charge in [-0.1, -0.05) is 6.07 Å². The van der Waals surface area contributed by atoms with Gasteiger partial charge in [-0.3, -0.25) is 9.59 Å². The van der Waals surface area contributed by atoms with E-state index >= 15 is 0 Å². The summed E-state index contributed by atoms with van der Waals surface area (Å²) >= 11 is 0. The summed E-state index contributed by atoms with van der Waals surface area (Å²) in [7, 11) is 0. The van der Waals surface area contributed by atoms with E-state index in [1.54, 1.807) is 35.2 Å². The molecule has 0 unspecified atom stereocenters. The number of anilines is 3. The monoisotopic (exact) mass is 369 g/mol. The molecule has 27 heavy (non-hydrogen) atoms. The first-order valence-electron chi connectivity index (χ1n) is 8.40. The molecule has 2 amide bonds. The van der Waals surface area contributed by atoms with E-state index in [0.29, 0.717) is 35.8 Å². The van der Waals surface area contributed by atoms with Crippen molar-refractivity contribution in [3.8, 4) is 5.75 Å². The molecular weight excluding hydrogens is 350 g/mol. The molecule has 2 heterocycles. The Balaban J connectivity index is 0.000000159. The van der Waals surface area contributed by atoms with Crippen LogP contribution in [0.1, 0.15) is 23.2 Å². The van der Waals surface area contributed by atoms with E-state index in [0.717, 1.165) is 6.42 Å². The lowest BCUT2D eigenvalue weighted by Gasteiger charge is -2.17. The maximum Gasteiger partial charge on any atom is 0.335 e. The number of carboxylic acids is 1. The van der Waals surface area contributed by atoms with Gasteiger partial charge in [0.05, 0.1) is 11.3 Å². The largest absolute Gasteiger partial charge is 0.482 e. The number of nitrogens with two attached hydrogens (primary N) is 1. The Hall–Kier alpha value is -3.55. The molecule has 0 aliphatic carbocycles. The lowest BCUT2D eigenvalue weighted by molar-refractivity contribution is -0.119. The van der Waals surface area contributed by atoms with Gasteiger partial charge >= 0.3 is 5.97 Å². The molecule has 0 saturated carbocycles. The van der Waals surface area contributed by atoms with Crippen LogP contribution in [-0.2, 0) is 9.59 Å². The fourth-order valence-electron chi connectivity index (χ4n) is 2.83. The molecule has 0 bridgehead atoms. The molecule has 1 fully saturated rings. The van der Waals surface area contributed by atoms with Gasteiger partial charge in [0, 0.05) is 24.3 Å². The van der Waals surface area contributed by atoms with Crippen molar-refractivity contribution >= 4 is 34.8 Å². The van der Waals surface area contributed by atoms with Crippen LogP contribution in [0.2, 0.25) is 0 Å². The molecule has 0 spiro atoms. The number of carbonyl (C=O) groups excluding carboxylic acids is 2. The molecule has 140 valence electrons. The van der Waals surface area contributed by atoms with Crippen molar-refractivity contribution in [1.82, 2.24) is 0 Å². The van der Waals surface area contributed by atoms with Gasteiger partial charge in [-0.05, 0) is 42.8 Å². The van der Waals surface area contributed by atoms with E-state index in [9.17, 15) is 14.4 Å². The smallest absolute Gasteiger partial charge is 0.335 e. The summed E-state index contributed by atoms with van der Waals surface area (Å²) in [5.41, 5.74) is 7.67. The maximum atomic E-state index is 11.4. The predicted molar refractivity (Wildman–Crippen MR) is 100.0 cm³/mol. The number of carboxylic acid groups (broad SMARTS) is 1. The van der Waals surface area contributed by atoms with Crippen molar-refractivity contribution in [3.63, 3.8) is 0 Å². The minimum Gasteiger partial charge on any atom is -0.482 e. The topological polar surface area (TPSA) is 122 Å². The molecule has 2 aromatic rings. The third-order valence-electron chi connectivity index (χ3n) is 4.11. The number of nitrogens with zero attached hydrogens (tertiary/aromatic N) is 1. The molecule has 8 heteroatoms. The van der Waals surface area contributed by atoms with Crippen LogP contribution in [0.25, 0.3) is 0 Å². The molecule has 4 N–H and O–H groups in total. The van der Waals surface area contributed by atoms with E-state index in [2.05, 4.69) is 5.32 Å². The van der Waals surface area contributed by atoms with Crippen molar-refractivity contribution in [1.29, 1.82) is 0 Å². The third-order valence-corrected chi connectivity index (χ3v) is 4.11. The molecule has 2 aromatic carbocycles. The quantitative estimate of drug-likeness (QED) is 0.697. The van der Waals surface area contributed by atoms with Gasteiger partial charge in [0.1, 0.15) is 5.75 Å². The van der Waals surface area contributed by atoms with Crippen molar-refractivity contribution in [2.75, 3.05) is 29.1 Å². The van der Waals surface area contributed by atoms with E-state index in [4.69, 9.17) is 15.6 Å². The number of hydrogen-bond acceptors (Lipinski definition) is 5. The van der Waals surface area contributed by atoms with Crippen molar-refractivity contribution < 1.29 is 24.2 Å². The molecule has 8 nitrogen and oxygen atoms in total. The van der Waals surface area contributed by atoms with Crippen LogP contribution in [0.15, 0.2) is 42.5 Å². The highest BCUT2D eigenvalue weighted by molar-refractivity contribution is 5.97. The lowest BCUT2D eigenvalue weighted by atomic mass is 10.2. The predicted octanol–water partition coefficient (Wildman–Crippen LogP) is 2.11. The Morgan fingerprint density at radius 1 is 1.19 bits per heavy atom. The number of nitrogens with one attached hydrogen (secondary N) is 1. The first-order valence-corrected chi connectivity index (χ1v) is 8.40. The van der Waals surface area contributed by atoms with Crippen molar-refractivity contribution in [3.05, 3.63) is 48.0 Å². The van der Waals surface area contributed by atoms with E-state index in [1.807, 2.05) is 0 Å². The van der Waals surface area contributed by atoms with Crippen LogP contribution >= 0.6 is 0 Å². The highest BCUT2D eigenvalue weighted by atomic mass is 16.5. The zero-order valence-corrected chi connectivity index (χ0v) is 14.5. The van der Waals surface area contributed by atoms with Gasteiger partial charge in [-0.15, -0.1) is 0 Å². The summed E-state index contributed by atoms with van der Waals surface area (Å²) in [6, 6.07) is 11.6. The number of aromatic carboxylic acids is 1. The average molecular weight is 369 g/mol. The fourth-order valence-corrected chi connectivity index (χ4v) is 2.83. The summed E-state index contributed by atoms with van der Waals surface area (Å²) < 4.78 is 5.12. The number of benzene rings is 2. The number of amides is 2. The SMILES string of the molecule is Nc1ccc2c(c1)NC(=O)CO2.O=C(O)c1cccc(N2CCCC2=O)c1. The van der Waals surface area contributed by atoms with E-state index in [-0.39, 0.29) is 24.0 Å². The lowest BCUT2D eigenvalue weighted by Crippen LogP contribution is -2.25. The van der Waals surface area contributed by atoms with Crippen LogP contribution in [0, 0.1) is 0 Å². The highest BCUT2D eigenvalue weighted by Crippen LogP contribution is 2.29. The van der Waals surface area contributed by atoms with Crippen molar-refractivity contribution in [2.45, 2.75) is 12.8 Å². The summed E-state index contributed by atoms with van der Waals surface area (Å²) in [6.45, 7) is 0.763. The molecule has 2 aliphatic rings. The first kappa shape index (κ1) is 18.2. The van der Waals surface area contributed by atoms with Crippen LogP contribution in [0.4, 0.5) is 17.1 Å². The second-order valence-corrected chi connectivity index (χ2v) is 6.10. The Morgan fingerprint density at radius 3 is 2.70 bits per heavy atom. The Bertz CT molecular complexity index is 897. The van der Waals surface area contributed by atoms with Gasteiger partial charge < -0.3 is 25.8 Å². The minimum absolute atomic E-state index is 0.0672. The standard InChI is InChI=1S/C11H11NO3.C8H8N2O2/c13-10-5-2-6-12(10)9-4-1-3-8(7-9)11(14)15;9-5-1-2-7-6(3-5)10-8(11)4-12-7/h1,3-4,7H,2,5-6H2,(H,14,15);1-3H,4,9H2,(H,10,11). The zero-order chi connectivity index (χ0) is 19.4. The van der Waals surface area contributed by atoms with Gasteiger partial charge in [0.25, 0.3) is 5.91 Å². The average Bonchev–Trinajstić information content (AvgIpc) is 3.08. The van der Waals surface area contributed by atoms with Crippen LogP contribution in [0.3, 0.4) is 0 Å². The minimum atomic E-state index is -0.969. The Labute approximate surface area is 155 Å². The van der Waals surface area contributed by atoms with Crippen LogP contribution < -0.4 is 20.7 Å². The van der Waals surface area contributed by atoms with Gasteiger partial charge in [-0.25, -0.2) is 4.79 Å². The van der Waals surface area contributed by atoms with Crippen LogP contribution in [-0.4, -0.2) is 36.0 Å². The number of fused-ring (bicyclic) bond motifs is 1. The van der Waals surface area contributed by atoms with Gasteiger partial charge in [0.2, 0.25) is 5.91 Å². The molecule has 0 aromatic heterocycles.